The summed E-state index contributed by atoms with van der Waals surface area (Å²) in [7, 11) is -1.11. The van der Waals surface area contributed by atoms with Gasteiger partial charge >= 0.3 is 6.61 Å². The molecule has 0 aliphatic rings. The maximum atomic E-state index is 12.5. The Balaban J connectivity index is 2.24. The van der Waals surface area contributed by atoms with E-state index in [0.717, 1.165) is 0 Å². The van der Waals surface area contributed by atoms with Crippen molar-refractivity contribution in [2.45, 2.75) is 31.9 Å². The van der Waals surface area contributed by atoms with Crippen LogP contribution in [-0.2, 0) is 16.6 Å². The number of carbonyl (C=O) groups excluding carboxylic acids is 1. The number of rotatable bonds is 8. The van der Waals surface area contributed by atoms with Crippen molar-refractivity contribution in [3.8, 4) is 11.5 Å². The van der Waals surface area contributed by atoms with Crippen molar-refractivity contribution in [2.75, 3.05) is 14.2 Å². The predicted octanol–water partition coefficient (Wildman–Crippen LogP) is 2.75. The molecule has 0 unspecified atom stereocenters. The van der Waals surface area contributed by atoms with Crippen molar-refractivity contribution in [3.05, 3.63) is 52.6 Å². The molecule has 0 atom stereocenters. The molecular weight excluding hydrogens is 406 g/mol. The van der Waals surface area contributed by atoms with Crippen LogP contribution in [0.4, 0.5) is 8.78 Å². The Morgan fingerprint density at radius 1 is 1.14 bits per heavy atom. The fourth-order valence-corrected chi connectivity index (χ4v) is 3.72. The Labute approximate surface area is 168 Å². The smallest absolute Gasteiger partial charge is 0.387 e. The molecule has 0 aliphatic heterocycles. The Hall–Kier alpha value is -2.72. The van der Waals surface area contributed by atoms with E-state index in [9.17, 15) is 22.0 Å². The third kappa shape index (κ3) is 5.42. The van der Waals surface area contributed by atoms with Crippen molar-refractivity contribution in [1.82, 2.24) is 10.0 Å². The topological polar surface area (TPSA) is 93.7 Å². The molecule has 2 aromatic carbocycles. The molecule has 0 saturated heterocycles. The number of benzene rings is 2. The minimum absolute atomic E-state index is 0.0159. The van der Waals surface area contributed by atoms with Crippen LogP contribution in [0.25, 0.3) is 0 Å². The van der Waals surface area contributed by atoms with Crippen LogP contribution >= 0.6 is 0 Å². The number of methoxy groups -OCH3 is 1. The van der Waals surface area contributed by atoms with Gasteiger partial charge in [0.15, 0.2) is 11.5 Å². The highest BCUT2D eigenvalue weighted by Crippen LogP contribution is 2.29. The van der Waals surface area contributed by atoms with Gasteiger partial charge < -0.3 is 14.8 Å². The molecule has 0 aromatic heterocycles. The highest BCUT2D eigenvalue weighted by atomic mass is 32.2. The van der Waals surface area contributed by atoms with Gasteiger partial charge in [-0.1, -0.05) is 6.07 Å². The number of sulfonamides is 1. The standard InChI is InChI=1S/C19H22F2N2O5S/c1-11-7-14(9-17(12(11)2)29(25,26)22-3)18(24)23-10-13-5-6-15(27-4)16(8-13)28-19(20)21/h5-9,19,22H,10H2,1-4H3,(H,23,24). The second kappa shape index (κ2) is 9.19. The fourth-order valence-electron chi connectivity index (χ4n) is 2.65. The summed E-state index contributed by atoms with van der Waals surface area (Å²) < 4.78 is 61.1. The van der Waals surface area contributed by atoms with Crippen LogP contribution < -0.4 is 19.5 Å². The third-order valence-corrected chi connectivity index (χ3v) is 5.88. The van der Waals surface area contributed by atoms with Gasteiger partial charge in [-0.15, -0.1) is 0 Å². The zero-order chi connectivity index (χ0) is 21.8. The van der Waals surface area contributed by atoms with Gasteiger partial charge in [-0.25, -0.2) is 13.1 Å². The third-order valence-electron chi connectivity index (χ3n) is 4.34. The molecule has 0 aliphatic carbocycles. The van der Waals surface area contributed by atoms with E-state index >= 15 is 0 Å². The van der Waals surface area contributed by atoms with Gasteiger partial charge in [0.2, 0.25) is 10.0 Å². The molecule has 0 fully saturated rings. The van der Waals surface area contributed by atoms with Gasteiger partial charge in [0, 0.05) is 12.1 Å². The van der Waals surface area contributed by atoms with Crippen LogP contribution in [0, 0.1) is 13.8 Å². The van der Waals surface area contributed by atoms with E-state index in [1.54, 1.807) is 26.0 Å². The van der Waals surface area contributed by atoms with Crippen LogP contribution in [0.15, 0.2) is 35.2 Å². The zero-order valence-corrected chi connectivity index (χ0v) is 17.2. The van der Waals surface area contributed by atoms with Crippen molar-refractivity contribution in [3.63, 3.8) is 0 Å². The molecule has 1 amide bonds. The minimum atomic E-state index is -3.73. The molecule has 29 heavy (non-hydrogen) atoms. The van der Waals surface area contributed by atoms with E-state index in [0.29, 0.717) is 16.7 Å². The summed E-state index contributed by atoms with van der Waals surface area (Å²) in [6.07, 6.45) is 0. The Morgan fingerprint density at radius 2 is 1.83 bits per heavy atom. The van der Waals surface area contributed by atoms with E-state index < -0.39 is 22.5 Å². The average Bonchev–Trinajstić information content (AvgIpc) is 2.67. The Bertz CT molecular complexity index is 1010. The molecule has 10 heteroatoms. The van der Waals surface area contributed by atoms with Crippen LogP contribution in [0.3, 0.4) is 0 Å². The van der Waals surface area contributed by atoms with E-state index in [1.807, 2.05) is 0 Å². The number of hydrogen-bond acceptors (Lipinski definition) is 5. The number of alkyl halides is 2. The van der Waals surface area contributed by atoms with Crippen molar-refractivity contribution >= 4 is 15.9 Å². The first-order valence-electron chi connectivity index (χ1n) is 8.53. The van der Waals surface area contributed by atoms with Gasteiger partial charge in [-0.2, -0.15) is 8.78 Å². The molecule has 0 saturated carbocycles. The maximum Gasteiger partial charge on any atom is 0.387 e. The van der Waals surface area contributed by atoms with Gasteiger partial charge in [0.1, 0.15) is 0 Å². The van der Waals surface area contributed by atoms with Crippen LogP contribution in [0.5, 0.6) is 11.5 Å². The molecule has 0 bridgehead atoms. The quantitative estimate of drug-likeness (QED) is 0.674. The van der Waals surface area contributed by atoms with Crippen molar-refractivity contribution in [1.29, 1.82) is 0 Å². The first-order chi connectivity index (χ1) is 13.6. The molecule has 158 valence electrons. The number of amides is 1. The van der Waals surface area contributed by atoms with E-state index in [1.165, 1.54) is 32.4 Å². The molecule has 0 heterocycles. The summed E-state index contributed by atoms with van der Waals surface area (Å²) in [5, 5.41) is 2.64. The summed E-state index contributed by atoms with van der Waals surface area (Å²) in [6, 6.07) is 7.26. The zero-order valence-electron chi connectivity index (χ0n) is 16.4. The van der Waals surface area contributed by atoms with Crippen molar-refractivity contribution in [2.24, 2.45) is 0 Å². The average molecular weight is 428 g/mol. The fraction of sp³-hybridized carbons (Fsp3) is 0.316. The number of ether oxygens (including phenoxy) is 2. The Kier molecular flexibility index (Phi) is 7.15. The monoisotopic (exact) mass is 428 g/mol. The van der Waals surface area contributed by atoms with E-state index in [2.05, 4.69) is 14.8 Å². The molecular formula is C19H22F2N2O5S. The van der Waals surface area contributed by atoms with Gasteiger partial charge in [0.25, 0.3) is 5.91 Å². The van der Waals surface area contributed by atoms with Gasteiger partial charge in [0.05, 0.1) is 12.0 Å². The normalized spacial score (nSPS) is 11.4. The minimum Gasteiger partial charge on any atom is -0.493 e. The number of carbonyl (C=O) groups is 1. The van der Waals surface area contributed by atoms with Crippen molar-refractivity contribution < 1.29 is 31.5 Å². The van der Waals surface area contributed by atoms with Crippen LogP contribution in [-0.4, -0.2) is 35.1 Å². The molecule has 0 spiro atoms. The second-order valence-corrected chi connectivity index (χ2v) is 8.03. The highest BCUT2D eigenvalue weighted by Gasteiger charge is 2.19. The van der Waals surface area contributed by atoms with Gasteiger partial charge in [-0.3, -0.25) is 4.79 Å². The van der Waals surface area contributed by atoms with Gasteiger partial charge in [-0.05, 0) is 61.9 Å². The number of aryl methyl sites for hydroxylation is 1. The summed E-state index contributed by atoms with van der Waals surface area (Å²) in [5.74, 6) is -0.521. The SMILES string of the molecule is CNS(=O)(=O)c1cc(C(=O)NCc2ccc(OC)c(OC(F)F)c2)cc(C)c1C. The lowest BCUT2D eigenvalue weighted by Gasteiger charge is -2.14. The molecule has 7 nitrogen and oxygen atoms in total. The van der Waals surface area contributed by atoms with Crippen LogP contribution in [0.2, 0.25) is 0 Å². The number of nitrogens with one attached hydrogen (secondary N) is 2. The first-order valence-corrected chi connectivity index (χ1v) is 10.0. The Morgan fingerprint density at radius 3 is 2.41 bits per heavy atom. The lowest BCUT2D eigenvalue weighted by Crippen LogP contribution is -2.25. The lowest BCUT2D eigenvalue weighted by atomic mass is 10.1. The van der Waals surface area contributed by atoms with Crippen LogP contribution in [0.1, 0.15) is 27.0 Å². The summed E-state index contributed by atoms with van der Waals surface area (Å²) in [4.78, 5) is 12.5. The highest BCUT2D eigenvalue weighted by molar-refractivity contribution is 7.89. The largest absolute Gasteiger partial charge is 0.493 e. The summed E-state index contributed by atoms with van der Waals surface area (Å²) >= 11 is 0. The first kappa shape index (κ1) is 22.6. The predicted molar refractivity (Wildman–Crippen MR) is 103 cm³/mol. The molecule has 0 radical (unpaired) electrons. The maximum absolute atomic E-state index is 12.5. The molecule has 2 N–H and O–H groups in total. The summed E-state index contributed by atoms with van der Waals surface area (Å²) in [6.45, 7) is 0.363. The second-order valence-electron chi connectivity index (χ2n) is 6.17. The molecule has 2 rings (SSSR count). The van der Waals surface area contributed by atoms with E-state index in [-0.39, 0.29) is 28.5 Å². The molecule has 2 aromatic rings. The van der Waals surface area contributed by atoms with E-state index in [4.69, 9.17) is 4.74 Å². The lowest BCUT2D eigenvalue weighted by molar-refractivity contribution is -0.0512. The number of halogens is 2. The number of hydrogen-bond donors (Lipinski definition) is 2. The summed E-state index contributed by atoms with van der Waals surface area (Å²) in [5.41, 5.74) is 1.85.